The largest absolute Gasteiger partial charge is 0.258 e. The monoisotopic (exact) mass is 262 g/mol. The van der Waals surface area contributed by atoms with Gasteiger partial charge in [-0.15, -0.1) is 0 Å². The first-order chi connectivity index (χ1) is 8.65. The number of hydrogen-bond acceptors (Lipinski definition) is 3. The van der Waals surface area contributed by atoms with Crippen molar-refractivity contribution in [1.82, 2.24) is 9.71 Å². The second-order valence-corrected chi connectivity index (χ2v) is 6.35. The van der Waals surface area contributed by atoms with Crippen LogP contribution in [0.4, 0.5) is 0 Å². The van der Waals surface area contributed by atoms with Crippen molar-refractivity contribution in [2.45, 2.75) is 17.9 Å². The minimum absolute atomic E-state index is 0.0989. The van der Waals surface area contributed by atoms with Crippen LogP contribution in [0.25, 0.3) is 10.9 Å². The van der Waals surface area contributed by atoms with Gasteiger partial charge in [-0.2, -0.15) is 0 Å². The first-order valence-corrected chi connectivity index (χ1v) is 7.49. The van der Waals surface area contributed by atoms with Gasteiger partial charge < -0.3 is 0 Å². The van der Waals surface area contributed by atoms with Crippen LogP contribution in [0, 0.1) is 5.92 Å². The molecule has 0 amide bonds. The number of sulfonamides is 1. The molecule has 1 aromatic carbocycles. The van der Waals surface area contributed by atoms with Gasteiger partial charge in [0.2, 0.25) is 0 Å². The zero-order valence-corrected chi connectivity index (χ0v) is 10.7. The lowest BCUT2D eigenvalue weighted by molar-refractivity contribution is 0.574. The van der Waals surface area contributed by atoms with Crippen LogP contribution in [-0.2, 0) is 10.0 Å². The molecule has 0 aliphatic heterocycles. The third kappa shape index (κ3) is 2.37. The summed E-state index contributed by atoms with van der Waals surface area (Å²) in [5, 5.41) is 1.04. The van der Waals surface area contributed by atoms with Crippen molar-refractivity contribution >= 4 is 20.9 Å². The van der Waals surface area contributed by atoms with Gasteiger partial charge in [-0.05, 0) is 37.0 Å². The normalized spacial score (nSPS) is 16.0. The van der Waals surface area contributed by atoms with E-state index in [2.05, 4.69) is 9.71 Å². The Hall–Kier alpha value is -1.46. The summed E-state index contributed by atoms with van der Waals surface area (Å²) in [6, 6.07) is 10.8. The second-order valence-electron chi connectivity index (χ2n) is 4.64. The molecule has 1 saturated carbocycles. The van der Waals surface area contributed by atoms with Crippen LogP contribution in [0.2, 0.25) is 0 Å². The predicted octanol–water partition coefficient (Wildman–Crippen LogP) is 1.92. The summed E-state index contributed by atoms with van der Waals surface area (Å²) in [6.45, 7) is 0.525. The predicted molar refractivity (Wildman–Crippen MR) is 69.7 cm³/mol. The van der Waals surface area contributed by atoms with Gasteiger partial charge in [0.25, 0.3) is 10.0 Å². The standard InChI is InChI=1S/C13H14N2O2S/c16-18(17,14-9-10-5-6-10)13-8-7-11-3-1-2-4-12(11)15-13/h1-4,7-8,10,14H,5-6,9H2. The van der Waals surface area contributed by atoms with Gasteiger partial charge in [0, 0.05) is 11.9 Å². The number of rotatable bonds is 4. The summed E-state index contributed by atoms with van der Waals surface area (Å²) in [5.41, 5.74) is 0.701. The fraction of sp³-hybridized carbons (Fsp3) is 0.308. The summed E-state index contributed by atoms with van der Waals surface area (Å²) in [7, 11) is -3.47. The number of aromatic nitrogens is 1. The Balaban J connectivity index is 1.92. The van der Waals surface area contributed by atoms with Gasteiger partial charge in [-0.25, -0.2) is 18.1 Å². The van der Waals surface area contributed by atoms with Gasteiger partial charge in [0.15, 0.2) is 5.03 Å². The lowest BCUT2D eigenvalue weighted by Crippen LogP contribution is -2.26. The summed E-state index contributed by atoms with van der Waals surface area (Å²) in [4.78, 5) is 4.19. The summed E-state index contributed by atoms with van der Waals surface area (Å²) >= 11 is 0. The molecule has 2 aromatic rings. The smallest absolute Gasteiger partial charge is 0.235 e. The Labute approximate surface area is 106 Å². The maximum atomic E-state index is 12.0. The molecule has 0 saturated heterocycles. The molecule has 3 rings (SSSR count). The molecule has 0 atom stereocenters. The number of pyridine rings is 1. The van der Waals surface area contributed by atoms with E-state index in [1.54, 1.807) is 12.1 Å². The highest BCUT2D eigenvalue weighted by molar-refractivity contribution is 7.89. The highest BCUT2D eigenvalue weighted by atomic mass is 32.2. The van der Waals surface area contributed by atoms with Crippen LogP contribution in [0.5, 0.6) is 0 Å². The topological polar surface area (TPSA) is 59.1 Å². The van der Waals surface area contributed by atoms with E-state index >= 15 is 0 Å². The van der Waals surface area contributed by atoms with Gasteiger partial charge in [0.05, 0.1) is 5.52 Å². The maximum absolute atomic E-state index is 12.0. The van der Waals surface area contributed by atoms with Crippen LogP contribution >= 0.6 is 0 Å². The molecular formula is C13H14N2O2S. The minimum Gasteiger partial charge on any atom is -0.235 e. The van der Waals surface area contributed by atoms with Crippen LogP contribution in [-0.4, -0.2) is 19.9 Å². The van der Waals surface area contributed by atoms with E-state index in [4.69, 9.17) is 0 Å². The summed E-state index contributed by atoms with van der Waals surface area (Å²) in [5.74, 6) is 0.514. The molecule has 0 spiro atoms. The number of nitrogens with zero attached hydrogens (tertiary/aromatic N) is 1. The molecular weight excluding hydrogens is 248 g/mol. The molecule has 0 unspecified atom stereocenters. The summed E-state index contributed by atoms with van der Waals surface area (Å²) in [6.07, 6.45) is 2.24. The molecule has 1 fully saturated rings. The Bertz CT molecular complexity index is 678. The minimum atomic E-state index is -3.47. The van der Waals surface area contributed by atoms with E-state index in [0.717, 1.165) is 18.2 Å². The average Bonchev–Trinajstić information content (AvgIpc) is 3.20. The van der Waals surface area contributed by atoms with Gasteiger partial charge >= 0.3 is 0 Å². The van der Waals surface area contributed by atoms with E-state index < -0.39 is 10.0 Å². The first kappa shape index (κ1) is 11.6. The number of benzene rings is 1. The zero-order chi connectivity index (χ0) is 12.6. The fourth-order valence-electron chi connectivity index (χ4n) is 1.82. The lowest BCUT2D eigenvalue weighted by atomic mass is 10.2. The first-order valence-electron chi connectivity index (χ1n) is 6.01. The highest BCUT2D eigenvalue weighted by Gasteiger charge is 2.24. The van der Waals surface area contributed by atoms with E-state index in [9.17, 15) is 8.42 Å². The van der Waals surface area contributed by atoms with Crippen LogP contribution in [0.3, 0.4) is 0 Å². The molecule has 4 nitrogen and oxygen atoms in total. The van der Waals surface area contributed by atoms with Crippen molar-refractivity contribution in [2.24, 2.45) is 5.92 Å². The van der Waals surface area contributed by atoms with Gasteiger partial charge in [-0.1, -0.05) is 18.2 Å². The van der Waals surface area contributed by atoms with E-state index in [1.165, 1.54) is 0 Å². The van der Waals surface area contributed by atoms with E-state index in [1.807, 2.05) is 24.3 Å². The molecule has 1 aromatic heterocycles. The number of para-hydroxylation sites is 1. The average molecular weight is 262 g/mol. The highest BCUT2D eigenvalue weighted by Crippen LogP contribution is 2.28. The maximum Gasteiger partial charge on any atom is 0.258 e. The van der Waals surface area contributed by atoms with Crippen molar-refractivity contribution in [3.05, 3.63) is 36.4 Å². The Morgan fingerprint density at radius 3 is 2.72 bits per heavy atom. The number of nitrogens with one attached hydrogen (secondary N) is 1. The fourth-order valence-corrected chi connectivity index (χ4v) is 2.89. The molecule has 1 aliphatic rings. The Morgan fingerprint density at radius 1 is 1.17 bits per heavy atom. The molecule has 5 heteroatoms. The lowest BCUT2D eigenvalue weighted by Gasteiger charge is -2.06. The molecule has 18 heavy (non-hydrogen) atoms. The van der Waals surface area contributed by atoms with E-state index in [-0.39, 0.29) is 5.03 Å². The van der Waals surface area contributed by atoms with Crippen LogP contribution < -0.4 is 4.72 Å². The van der Waals surface area contributed by atoms with Crippen LogP contribution in [0.1, 0.15) is 12.8 Å². The molecule has 1 heterocycles. The molecule has 1 aliphatic carbocycles. The zero-order valence-electron chi connectivity index (χ0n) is 9.83. The third-order valence-corrected chi connectivity index (χ3v) is 4.43. The van der Waals surface area contributed by atoms with Crippen molar-refractivity contribution in [1.29, 1.82) is 0 Å². The van der Waals surface area contributed by atoms with Crippen molar-refractivity contribution in [3.63, 3.8) is 0 Å². The van der Waals surface area contributed by atoms with Crippen molar-refractivity contribution in [3.8, 4) is 0 Å². The molecule has 1 N–H and O–H groups in total. The Kier molecular flexibility index (Phi) is 2.80. The summed E-state index contributed by atoms with van der Waals surface area (Å²) < 4.78 is 26.7. The van der Waals surface area contributed by atoms with E-state index in [0.29, 0.717) is 18.0 Å². The van der Waals surface area contributed by atoms with Gasteiger partial charge in [-0.3, -0.25) is 0 Å². The van der Waals surface area contributed by atoms with Crippen LogP contribution in [0.15, 0.2) is 41.4 Å². The molecule has 94 valence electrons. The molecule has 0 radical (unpaired) electrons. The van der Waals surface area contributed by atoms with Crippen molar-refractivity contribution in [2.75, 3.05) is 6.54 Å². The second kappa shape index (κ2) is 4.33. The quantitative estimate of drug-likeness (QED) is 0.915. The molecule has 0 bridgehead atoms. The third-order valence-electron chi connectivity index (χ3n) is 3.11. The van der Waals surface area contributed by atoms with Gasteiger partial charge in [0.1, 0.15) is 0 Å². The van der Waals surface area contributed by atoms with Crippen molar-refractivity contribution < 1.29 is 8.42 Å². The number of hydrogen-bond donors (Lipinski definition) is 1. The SMILES string of the molecule is O=S(=O)(NCC1CC1)c1ccc2ccccc2n1. The number of fused-ring (bicyclic) bond motifs is 1. The Morgan fingerprint density at radius 2 is 1.94 bits per heavy atom.